The minimum atomic E-state index is -0.441. The highest BCUT2D eigenvalue weighted by atomic mass is 32.2. The number of hydrogen-bond donors (Lipinski definition) is 0. The zero-order chi connectivity index (χ0) is 21.8. The molecule has 1 atom stereocenters. The maximum absolute atomic E-state index is 13.2. The average Bonchev–Trinajstić information content (AvgIpc) is 2.82. The Hall–Kier alpha value is -3.00. The van der Waals surface area contributed by atoms with Gasteiger partial charge >= 0.3 is 0 Å². The van der Waals surface area contributed by atoms with Crippen LogP contribution in [0.4, 0.5) is 11.4 Å². The maximum Gasteiger partial charge on any atom is 0.236 e. The Morgan fingerprint density at radius 1 is 1.03 bits per heavy atom. The highest BCUT2D eigenvalue weighted by Gasteiger charge is 2.37. The number of carbonyl (C=O) groups excluding carboxylic acids is 2. The van der Waals surface area contributed by atoms with Gasteiger partial charge < -0.3 is 14.5 Å². The first-order chi connectivity index (χ1) is 15.0. The molecular weight excluding hydrogens is 412 g/mol. The molecule has 2 amide bonds. The van der Waals surface area contributed by atoms with Gasteiger partial charge in [-0.15, -0.1) is 0 Å². The van der Waals surface area contributed by atoms with Crippen LogP contribution in [0.15, 0.2) is 59.6 Å². The van der Waals surface area contributed by atoms with Crippen molar-refractivity contribution in [1.82, 2.24) is 9.80 Å². The number of methoxy groups -OCH3 is 1. The first kappa shape index (κ1) is 21.2. The fraction of sp³-hybridized carbons (Fsp3) is 0.348. The number of ether oxygens (including phenoxy) is 1. The van der Waals surface area contributed by atoms with E-state index >= 15 is 0 Å². The van der Waals surface area contributed by atoms with Gasteiger partial charge in [-0.25, -0.2) is 4.99 Å². The molecule has 2 aromatic carbocycles. The van der Waals surface area contributed by atoms with E-state index in [0.717, 1.165) is 18.8 Å². The molecule has 2 heterocycles. The lowest BCUT2D eigenvalue weighted by Gasteiger charge is -2.38. The van der Waals surface area contributed by atoms with Gasteiger partial charge in [0.1, 0.15) is 11.0 Å². The Bertz CT molecular complexity index is 957. The number of thioether (sulfide) groups is 1. The van der Waals surface area contributed by atoms with Crippen molar-refractivity contribution in [3.05, 3.63) is 54.6 Å². The number of anilines is 1. The summed E-state index contributed by atoms with van der Waals surface area (Å²) < 4.78 is 5.18. The van der Waals surface area contributed by atoms with Gasteiger partial charge in [0.05, 0.1) is 12.8 Å². The Labute approximate surface area is 186 Å². The van der Waals surface area contributed by atoms with Gasteiger partial charge in [0.25, 0.3) is 0 Å². The monoisotopic (exact) mass is 438 g/mol. The fourth-order valence-electron chi connectivity index (χ4n) is 3.68. The lowest BCUT2D eigenvalue weighted by atomic mass is 10.2. The first-order valence-corrected chi connectivity index (χ1v) is 11.2. The maximum atomic E-state index is 13.2. The number of rotatable bonds is 4. The molecule has 0 spiro atoms. The minimum Gasteiger partial charge on any atom is -0.497 e. The highest BCUT2D eigenvalue weighted by molar-refractivity contribution is 8.15. The van der Waals surface area contributed by atoms with Gasteiger partial charge in [-0.05, 0) is 36.4 Å². The zero-order valence-electron chi connectivity index (χ0n) is 17.7. The smallest absolute Gasteiger partial charge is 0.236 e. The second-order valence-corrected chi connectivity index (χ2v) is 8.67. The van der Waals surface area contributed by atoms with E-state index in [0.29, 0.717) is 23.9 Å². The molecular formula is C23H26N4O3S. The van der Waals surface area contributed by atoms with Crippen molar-refractivity contribution in [3.63, 3.8) is 0 Å². The van der Waals surface area contributed by atoms with Crippen molar-refractivity contribution in [3.8, 4) is 5.75 Å². The predicted octanol–water partition coefficient (Wildman–Crippen LogP) is 3.00. The van der Waals surface area contributed by atoms with Gasteiger partial charge in [0, 0.05) is 45.3 Å². The van der Waals surface area contributed by atoms with E-state index in [4.69, 9.17) is 4.74 Å². The van der Waals surface area contributed by atoms with Crippen LogP contribution < -0.4 is 9.64 Å². The lowest BCUT2D eigenvalue weighted by Crippen LogP contribution is -2.53. The molecule has 2 fully saturated rings. The molecule has 4 rings (SSSR count). The minimum absolute atomic E-state index is 0.0154. The summed E-state index contributed by atoms with van der Waals surface area (Å²) in [6, 6.07) is 17.5. The fourth-order valence-corrected chi connectivity index (χ4v) is 4.83. The quantitative estimate of drug-likeness (QED) is 0.734. The van der Waals surface area contributed by atoms with Crippen molar-refractivity contribution in [2.24, 2.45) is 4.99 Å². The van der Waals surface area contributed by atoms with Crippen LogP contribution in [0.2, 0.25) is 0 Å². The van der Waals surface area contributed by atoms with Gasteiger partial charge in [-0.2, -0.15) is 0 Å². The molecule has 2 aliphatic rings. The Balaban J connectivity index is 1.42. The summed E-state index contributed by atoms with van der Waals surface area (Å²) >= 11 is 1.37. The molecule has 2 saturated heterocycles. The van der Waals surface area contributed by atoms with Gasteiger partial charge in [-0.3, -0.25) is 14.5 Å². The largest absolute Gasteiger partial charge is 0.497 e. The summed E-state index contributed by atoms with van der Waals surface area (Å²) in [5, 5.41) is 0.103. The number of aliphatic imine (C=N–C) groups is 1. The number of para-hydroxylation sites is 1. The number of benzene rings is 2. The zero-order valence-corrected chi connectivity index (χ0v) is 18.5. The average molecular weight is 439 g/mol. The van der Waals surface area contributed by atoms with E-state index < -0.39 is 5.25 Å². The molecule has 31 heavy (non-hydrogen) atoms. The van der Waals surface area contributed by atoms with Crippen LogP contribution in [0, 0.1) is 0 Å². The molecule has 0 N–H and O–H groups in total. The Kier molecular flexibility index (Phi) is 6.46. The van der Waals surface area contributed by atoms with Crippen LogP contribution in [0.3, 0.4) is 0 Å². The van der Waals surface area contributed by atoms with Gasteiger partial charge in [-0.1, -0.05) is 30.0 Å². The van der Waals surface area contributed by atoms with Crippen molar-refractivity contribution in [2.75, 3.05) is 45.2 Å². The summed E-state index contributed by atoms with van der Waals surface area (Å²) in [6.07, 6.45) is 0.195. The summed E-state index contributed by atoms with van der Waals surface area (Å²) in [5.41, 5.74) is 1.89. The number of amidine groups is 1. The SMILES string of the molecule is COc1ccc(N=C2S[C@@H](C(=O)N3CCN(c4ccccc4)CC3)CC(=O)N2C)cc1. The van der Waals surface area contributed by atoms with Gasteiger partial charge in [0.15, 0.2) is 5.17 Å². The molecule has 0 saturated carbocycles. The molecule has 0 aromatic heterocycles. The van der Waals surface area contributed by atoms with Crippen LogP contribution in [0.5, 0.6) is 5.75 Å². The van der Waals surface area contributed by atoms with E-state index in [9.17, 15) is 9.59 Å². The van der Waals surface area contributed by atoms with Crippen LogP contribution in [-0.2, 0) is 9.59 Å². The number of carbonyl (C=O) groups is 2. The van der Waals surface area contributed by atoms with Crippen LogP contribution in [-0.4, -0.2) is 72.4 Å². The van der Waals surface area contributed by atoms with E-state index in [1.54, 1.807) is 14.2 Å². The van der Waals surface area contributed by atoms with Gasteiger partial charge in [0.2, 0.25) is 11.8 Å². The van der Waals surface area contributed by atoms with Crippen molar-refractivity contribution in [1.29, 1.82) is 0 Å². The number of nitrogens with zero attached hydrogens (tertiary/aromatic N) is 4. The lowest BCUT2D eigenvalue weighted by molar-refractivity contribution is -0.134. The summed E-state index contributed by atoms with van der Waals surface area (Å²) in [4.78, 5) is 36.0. The van der Waals surface area contributed by atoms with Crippen molar-refractivity contribution < 1.29 is 14.3 Å². The van der Waals surface area contributed by atoms with Crippen molar-refractivity contribution >= 4 is 40.1 Å². The highest BCUT2D eigenvalue weighted by Crippen LogP contribution is 2.30. The van der Waals surface area contributed by atoms with Crippen molar-refractivity contribution in [2.45, 2.75) is 11.7 Å². The second-order valence-electron chi connectivity index (χ2n) is 7.50. The molecule has 8 heteroatoms. The molecule has 0 aliphatic carbocycles. The Morgan fingerprint density at radius 3 is 2.35 bits per heavy atom. The Morgan fingerprint density at radius 2 is 1.71 bits per heavy atom. The topological polar surface area (TPSA) is 65.5 Å². The molecule has 0 unspecified atom stereocenters. The van der Waals surface area contributed by atoms with Crippen LogP contribution in [0.1, 0.15) is 6.42 Å². The third-order valence-corrected chi connectivity index (χ3v) is 6.78. The van der Waals surface area contributed by atoms with E-state index in [1.807, 2.05) is 47.4 Å². The standard InChI is InChI=1S/C23H26N4O3S/c1-25-21(28)16-20(31-23(25)24-17-8-10-19(30-2)11-9-17)22(29)27-14-12-26(13-15-27)18-6-4-3-5-7-18/h3-11,20H,12-16H2,1-2H3/t20-/m1/s1. The van der Waals surface area contributed by atoms with E-state index in [2.05, 4.69) is 22.0 Å². The summed E-state index contributed by atoms with van der Waals surface area (Å²) in [7, 11) is 3.32. The van der Waals surface area contributed by atoms with E-state index in [-0.39, 0.29) is 18.2 Å². The third kappa shape index (κ3) is 4.85. The number of amides is 2. The predicted molar refractivity (Wildman–Crippen MR) is 124 cm³/mol. The normalized spacial score (nSPS) is 20.8. The number of piperazine rings is 1. The molecule has 162 valence electrons. The molecule has 2 aromatic rings. The molecule has 7 nitrogen and oxygen atoms in total. The summed E-state index contributed by atoms with van der Waals surface area (Å²) in [5.74, 6) is 0.668. The van der Waals surface area contributed by atoms with Crippen LogP contribution in [0.25, 0.3) is 0 Å². The van der Waals surface area contributed by atoms with E-state index in [1.165, 1.54) is 22.3 Å². The molecule has 0 radical (unpaired) electrons. The third-order valence-electron chi connectivity index (χ3n) is 5.55. The second kappa shape index (κ2) is 9.43. The molecule has 0 bridgehead atoms. The summed E-state index contributed by atoms with van der Waals surface area (Å²) in [6.45, 7) is 2.88. The number of hydrogen-bond acceptors (Lipinski definition) is 6. The molecule has 2 aliphatic heterocycles. The van der Waals surface area contributed by atoms with Crippen LogP contribution >= 0.6 is 11.8 Å². The first-order valence-electron chi connectivity index (χ1n) is 10.3.